The molecule has 2 fully saturated rings. The molecule has 0 amide bonds. The summed E-state index contributed by atoms with van der Waals surface area (Å²) in [5.74, 6) is 4.91. The summed E-state index contributed by atoms with van der Waals surface area (Å²) in [6.45, 7) is 29.2. The highest BCUT2D eigenvalue weighted by molar-refractivity contribution is 8.77. The van der Waals surface area contributed by atoms with Crippen molar-refractivity contribution in [3.8, 4) is 0 Å². The van der Waals surface area contributed by atoms with Gasteiger partial charge in [0.05, 0.1) is 6.10 Å². The van der Waals surface area contributed by atoms with E-state index in [1.165, 1.54) is 62.9 Å². The number of hydrogen-bond acceptors (Lipinski definition) is 9. The quantitative estimate of drug-likeness (QED) is 0.0728. The number of carbonyl (C=O) groups is 2. The lowest BCUT2D eigenvalue weighted by Gasteiger charge is -2.32. The molecule has 0 saturated carbocycles. The molecule has 2 rings (SSSR count). The van der Waals surface area contributed by atoms with Crippen LogP contribution in [0.2, 0.25) is 0 Å². The third-order valence-corrected chi connectivity index (χ3v) is 15.3. The summed E-state index contributed by atoms with van der Waals surface area (Å²) in [5.41, 5.74) is 0.153. The van der Waals surface area contributed by atoms with E-state index in [9.17, 15) is 9.90 Å². The minimum absolute atomic E-state index is 0.0556. The number of carbonyl (C=O) groups excluding carboxylic acids is 1. The molecule has 0 aromatic rings. The Balaban J connectivity index is -0.000000261. The lowest BCUT2D eigenvalue weighted by atomic mass is 9.77. The van der Waals surface area contributed by atoms with E-state index in [2.05, 4.69) is 83.9 Å². The molecule has 10 heteroatoms. The summed E-state index contributed by atoms with van der Waals surface area (Å²) in [6.07, 6.45) is 12.8. The van der Waals surface area contributed by atoms with Crippen molar-refractivity contribution in [2.24, 2.45) is 34.5 Å². The van der Waals surface area contributed by atoms with E-state index in [0.29, 0.717) is 30.1 Å². The Morgan fingerprint density at radius 3 is 1.39 bits per heavy atom. The van der Waals surface area contributed by atoms with Crippen molar-refractivity contribution in [2.75, 3.05) is 24.7 Å². The first-order chi connectivity index (χ1) is 22.7. The van der Waals surface area contributed by atoms with Crippen LogP contribution in [0.4, 0.5) is 0 Å². The zero-order chi connectivity index (χ0) is 39.1. The first-order valence-corrected chi connectivity index (χ1v) is 23.5. The molecule has 2 aliphatic heterocycles. The van der Waals surface area contributed by atoms with Gasteiger partial charge in [-0.3, -0.25) is 9.59 Å². The Morgan fingerprint density at radius 2 is 1.18 bits per heavy atom. The SMILES string of the molecule is CC(C)C(=O)CCCCC1CCSS1.CC(C)C(C)(C)C(C)O.CC(C)C(C)(C)CO.CC(C)CO.CCCCCC1CCSS1.O=CO. The van der Waals surface area contributed by atoms with Crippen LogP contribution >= 0.6 is 43.2 Å². The highest BCUT2D eigenvalue weighted by Crippen LogP contribution is 2.40. The van der Waals surface area contributed by atoms with Gasteiger partial charge in [0.2, 0.25) is 0 Å². The summed E-state index contributed by atoms with van der Waals surface area (Å²) >= 11 is 0. The van der Waals surface area contributed by atoms with Gasteiger partial charge in [0.1, 0.15) is 5.78 Å². The van der Waals surface area contributed by atoms with Gasteiger partial charge in [0.15, 0.2) is 0 Å². The third-order valence-electron chi connectivity index (χ3n) is 9.33. The number of Topliss-reactive ketones (excluding diaryl/α,β-unsaturated/α-hetero) is 1. The van der Waals surface area contributed by atoms with E-state index in [4.69, 9.17) is 20.1 Å². The molecule has 0 aromatic heterocycles. The van der Waals surface area contributed by atoms with E-state index < -0.39 is 0 Å². The fourth-order valence-electron chi connectivity index (χ4n) is 3.38. The largest absolute Gasteiger partial charge is 0.483 e. The van der Waals surface area contributed by atoms with E-state index >= 15 is 0 Å². The average Bonchev–Trinajstić information content (AvgIpc) is 3.76. The normalized spacial score (nSPS) is 17.7. The van der Waals surface area contributed by atoms with E-state index in [1.54, 1.807) is 0 Å². The second kappa shape index (κ2) is 35.4. The average molecular weight is 775 g/mol. The lowest BCUT2D eigenvalue weighted by Crippen LogP contribution is -2.31. The molecule has 6 nitrogen and oxygen atoms in total. The molecule has 49 heavy (non-hydrogen) atoms. The fourth-order valence-corrected chi connectivity index (χ4v) is 9.43. The maximum atomic E-state index is 11.3. The van der Waals surface area contributed by atoms with E-state index in [1.807, 2.05) is 56.2 Å². The van der Waals surface area contributed by atoms with Gasteiger partial charge in [0, 0.05) is 47.6 Å². The topological polar surface area (TPSA) is 115 Å². The predicted molar refractivity (Wildman–Crippen MR) is 226 cm³/mol. The monoisotopic (exact) mass is 774 g/mol. The van der Waals surface area contributed by atoms with Crippen LogP contribution in [0.15, 0.2) is 0 Å². The van der Waals surface area contributed by atoms with E-state index in [-0.39, 0.29) is 35.9 Å². The van der Waals surface area contributed by atoms with Crippen LogP contribution in [0.1, 0.15) is 161 Å². The molecular weight excluding hydrogens is 693 g/mol. The number of aliphatic hydroxyl groups excluding tert-OH is 3. The van der Waals surface area contributed by atoms with Crippen LogP contribution in [0.25, 0.3) is 0 Å². The summed E-state index contributed by atoms with van der Waals surface area (Å²) in [6, 6.07) is 0. The van der Waals surface area contributed by atoms with Crippen molar-refractivity contribution >= 4 is 55.4 Å². The Morgan fingerprint density at radius 1 is 0.776 bits per heavy atom. The van der Waals surface area contributed by atoms with Gasteiger partial charge in [-0.2, -0.15) is 0 Å². The number of unbranched alkanes of at least 4 members (excludes halogenated alkanes) is 3. The Labute approximate surface area is 320 Å². The molecule has 2 saturated heterocycles. The van der Waals surface area contributed by atoms with Crippen LogP contribution in [0.3, 0.4) is 0 Å². The van der Waals surface area contributed by atoms with Crippen molar-refractivity contribution < 1.29 is 30.0 Å². The lowest BCUT2D eigenvalue weighted by molar-refractivity contribution is -0.123. The molecule has 3 unspecified atom stereocenters. The van der Waals surface area contributed by atoms with Crippen LogP contribution in [-0.2, 0) is 9.59 Å². The molecule has 3 atom stereocenters. The zero-order valence-electron chi connectivity index (χ0n) is 34.3. The van der Waals surface area contributed by atoms with Gasteiger partial charge in [0.25, 0.3) is 6.47 Å². The second-order valence-corrected chi connectivity index (χ2v) is 21.2. The molecular formula is C39H82O6S4. The van der Waals surface area contributed by atoms with E-state index in [0.717, 1.165) is 23.3 Å². The second-order valence-electron chi connectivity index (χ2n) is 15.7. The Bertz CT molecular complexity index is 708. The smallest absolute Gasteiger partial charge is 0.290 e. The van der Waals surface area contributed by atoms with Gasteiger partial charge >= 0.3 is 0 Å². The van der Waals surface area contributed by atoms with Gasteiger partial charge in [-0.05, 0) is 67.6 Å². The molecule has 298 valence electrons. The maximum absolute atomic E-state index is 11.3. The molecule has 0 aliphatic carbocycles. The van der Waals surface area contributed by atoms with Crippen LogP contribution < -0.4 is 0 Å². The highest BCUT2D eigenvalue weighted by Gasteiger charge is 2.27. The third kappa shape index (κ3) is 36.6. The van der Waals surface area contributed by atoms with Gasteiger partial charge < -0.3 is 20.4 Å². The standard InChI is InChI=1S/C11H20OS2.C8H18O.C8H16S2.C7H16O.C4H10O.CH2O2/c1-9(2)11(12)6-4-3-5-10-7-8-13-14-10;1-6(2)8(4,5)7(3)9;1-2-3-4-5-8-6-7-9-10-8;1-6(2)7(3,4)5-8;1-4(2)3-5;2-1-3/h9-10H,3-8H2,1-2H3;6-7,9H,1-5H3;8H,2-7H2,1H3;6,8H,5H2,1-4H3;4-5H,3H2,1-2H3;1H,(H,2,3). The highest BCUT2D eigenvalue weighted by atomic mass is 33.1. The van der Waals surface area contributed by atoms with Gasteiger partial charge in [-0.1, -0.05) is 159 Å². The minimum atomic E-state index is -0.250. The molecule has 0 aromatic carbocycles. The van der Waals surface area contributed by atoms with Crippen molar-refractivity contribution in [3.63, 3.8) is 0 Å². The number of carboxylic acid groups (broad SMARTS) is 1. The van der Waals surface area contributed by atoms with Crippen molar-refractivity contribution in [2.45, 2.75) is 178 Å². The summed E-state index contributed by atoms with van der Waals surface area (Å²) in [5, 5.41) is 34.9. The molecule has 2 heterocycles. The fraction of sp³-hybridized carbons (Fsp3) is 0.949. The molecule has 2 aliphatic rings. The minimum Gasteiger partial charge on any atom is -0.483 e. The van der Waals surface area contributed by atoms with Gasteiger partial charge in [-0.25, -0.2) is 0 Å². The summed E-state index contributed by atoms with van der Waals surface area (Å²) in [7, 11) is 8.21. The Hall–Kier alpha value is 0.420. The first kappa shape index (κ1) is 56.2. The van der Waals surface area contributed by atoms with Gasteiger partial charge in [-0.15, -0.1) is 0 Å². The molecule has 0 bridgehead atoms. The number of rotatable bonds is 15. The van der Waals surface area contributed by atoms with Crippen LogP contribution in [-0.4, -0.2) is 74.0 Å². The van der Waals surface area contributed by atoms with Crippen molar-refractivity contribution in [3.05, 3.63) is 0 Å². The van der Waals surface area contributed by atoms with Crippen LogP contribution in [0.5, 0.6) is 0 Å². The predicted octanol–water partition coefficient (Wildman–Crippen LogP) is 11.7. The number of ketones is 1. The number of hydrogen-bond donors (Lipinski definition) is 4. The number of aliphatic hydroxyl groups is 3. The summed E-state index contributed by atoms with van der Waals surface area (Å²) in [4.78, 5) is 19.7. The van der Waals surface area contributed by atoms with Crippen molar-refractivity contribution in [1.82, 2.24) is 0 Å². The first-order valence-electron chi connectivity index (χ1n) is 18.8. The summed E-state index contributed by atoms with van der Waals surface area (Å²) < 4.78 is 0. The molecule has 0 radical (unpaired) electrons. The zero-order valence-corrected chi connectivity index (χ0v) is 37.5. The maximum Gasteiger partial charge on any atom is 0.290 e. The van der Waals surface area contributed by atoms with Crippen molar-refractivity contribution in [1.29, 1.82) is 0 Å². The molecule has 0 spiro atoms. The Kier molecular flexibility index (Phi) is 40.6. The molecule has 4 N–H and O–H groups in total. The van der Waals surface area contributed by atoms with Crippen LogP contribution in [0, 0.1) is 34.5 Å².